The Labute approximate surface area is 118 Å². The number of nitrogens with zero attached hydrogens (tertiary/aromatic N) is 1. The summed E-state index contributed by atoms with van der Waals surface area (Å²) < 4.78 is 0. The Hall–Kier alpha value is -2.24. The van der Waals surface area contributed by atoms with Crippen molar-refractivity contribution in [3.63, 3.8) is 0 Å². The minimum atomic E-state index is -0.938. The van der Waals surface area contributed by atoms with E-state index in [4.69, 9.17) is 5.11 Å². The van der Waals surface area contributed by atoms with Crippen LogP contribution >= 0.6 is 0 Å². The first-order valence-corrected chi connectivity index (χ1v) is 6.39. The zero-order valence-corrected chi connectivity index (χ0v) is 12.2. The molecule has 20 heavy (non-hydrogen) atoms. The first kappa shape index (κ1) is 15.8. The molecule has 0 saturated heterocycles. The van der Waals surface area contributed by atoms with Crippen LogP contribution in [0.4, 0.5) is 16.2 Å². The first-order valence-electron chi connectivity index (χ1n) is 6.39. The third-order valence-electron chi connectivity index (χ3n) is 3.13. The number of hydrogen-bond acceptors (Lipinski definition) is 3. The van der Waals surface area contributed by atoms with E-state index in [1.165, 1.54) is 0 Å². The molecule has 6 heteroatoms. The van der Waals surface area contributed by atoms with Gasteiger partial charge >= 0.3 is 12.0 Å². The van der Waals surface area contributed by atoms with Gasteiger partial charge in [0.25, 0.3) is 0 Å². The van der Waals surface area contributed by atoms with Crippen molar-refractivity contribution in [1.29, 1.82) is 0 Å². The van der Waals surface area contributed by atoms with Gasteiger partial charge in [-0.1, -0.05) is 12.1 Å². The summed E-state index contributed by atoms with van der Waals surface area (Å²) in [4.78, 5) is 24.6. The molecule has 2 unspecified atom stereocenters. The Balaban J connectivity index is 2.70. The van der Waals surface area contributed by atoms with E-state index in [1.807, 2.05) is 37.2 Å². The Morgan fingerprint density at radius 3 is 2.35 bits per heavy atom. The minimum absolute atomic E-state index is 0.417. The summed E-state index contributed by atoms with van der Waals surface area (Å²) in [5.41, 5.74) is 1.55. The average Bonchev–Trinajstić information content (AvgIpc) is 2.37. The maximum absolute atomic E-state index is 11.9. The predicted molar refractivity (Wildman–Crippen MR) is 79.2 cm³/mol. The molecule has 1 aromatic carbocycles. The SMILES string of the molecule is CC(NC(=O)Nc1ccccc1N(C)C)C(C)C(=O)O. The van der Waals surface area contributed by atoms with Crippen molar-refractivity contribution in [3.8, 4) is 0 Å². The number of amides is 2. The van der Waals surface area contributed by atoms with E-state index >= 15 is 0 Å². The Morgan fingerprint density at radius 2 is 1.80 bits per heavy atom. The van der Waals surface area contributed by atoms with Crippen LogP contribution in [0.25, 0.3) is 0 Å². The molecule has 0 aliphatic heterocycles. The van der Waals surface area contributed by atoms with Gasteiger partial charge in [-0.3, -0.25) is 4.79 Å². The van der Waals surface area contributed by atoms with Gasteiger partial charge in [-0.15, -0.1) is 0 Å². The molecule has 0 saturated carbocycles. The van der Waals surface area contributed by atoms with Gasteiger partial charge in [-0.2, -0.15) is 0 Å². The molecule has 0 aromatic heterocycles. The topological polar surface area (TPSA) is 81.7 Å². The minimum Gasteiger partial charge on any atom is -0.481 e. The van der Waals surface area contributed by atoms with Crippen LogP contribution in [0.5, 0.6) is 0 Å². The monoisotopic (exact) mass is 279 g/mol. The zero-order valence-electron chi connectivity index (χ0n) is 12.2. The standard InChI is InChI=1S/C14H21N3O3/c1-9(13(18)19)10(2)15-14(20)16-11-7-5-6-8-12(11)17(3)4/h5-10H,1-4H3,(H,18,19)(H2,15,16,20). The van der Waals surface area contributed by atoms with Crippen LogP contribution in [0.2, 0.25) is 0 Å². The van der Waals surface area contributed by atoms with Crippen molar-refractivity contribution in [1.82, 2.24) is 5.32 Å². The highest BCUT2D eigenvalue weighted by molar-refractivity contribution is 5.93. The van der Waals surface area contributed by atoms with E-state index in [-0.39, 0.29) is 0 Å². The number of nitrogens with one attached hydrogen (secondary N) is 2. The van der Waals surface area contributed by atoms with Crippen LogP contribution in [0.1, 0.15) is 13.8 Å². The molecule has 3 N–H and O–H groups in total. The van der Waals surface area contributed by atoms with E-state index in [0.29, 0.717) is 5.69 Å². The molecular formula is C14H21N3O3. The highest BCUT2D eigenvalue weighted by Gasteiger charge is 2.21. The fraction of sp³-hybridized carbons (Fsp3) is 0.429. The summed E-state index contributed by atoms with van der Waals surface area (Å²) in [7, 11) is 3.76. The number of carboxylic acids is 1. The van der Waals surface area contributed by atoms with E-state index in [1.54, 1.807) is 19.9 Å². The van der Waals surface area contributed by atoms with Gasteiger partial charge in [0, 0.05) is 20.1 Å². The maximum atomic E-state index is 11.9. The van der Waals surface area contributed by atoms with E-state index in [0.717, 1.165) is 5.69 Å². The fourth-order valence-corrected chi connectivity index (χ4v) is 1.67. The Morgan fingerprint density at radius 1 is 1.20 bits per heavy atom. The number of carbonyl (C=O) groups is 2. The second-order valence-corrected chi connectivity index (χ2v) is 4.93. The molecular weight excluding hydrogens is 258 g/mol. The third-order valence-corrected chi connectivity index (χ3v) is 3.13. The highest BCUT2D eigenvalue weighted by atomic mass is 16.4. The maximum Gasteiger partial charge on any atom is 0.319 e. The largest absolute Gasteiger partial charge is 0.481 e. The Bertz CT molecular complexity index is 488. The number of rotatable bonds is 5. The van der Waals surface area contributed by atoms with Crippen LogP contribution in [0.3, 0.4) is 0 Å². The number of aliphatic carboxylic acids is 1. The van der Waals surface area contributed by atoms with Crippen molar-refractivity contribution in [2.24, 2.45) is 5.92 Å². The van der Waals surface area contributed by atoms with Crippen LogP contribution in [0, 0.1) is 5.92 Å². The second kappa shape index (κ2) is 6.79. The molecule has 0 heterocycles. The van der Waals surface area contributed by atoms with Gasteiger partial charge in [-0.05, 0) is 26.0 Å². The van der Waals surface area contributed by atoms with Crippen molar-refractivity contribution < 1.29 is 14.7 Å². The van der Waals surface area contributed by atoms with Crippen LogP contribution < -0.4 is 15.5 Å². The van der Waals surface area contributed by atoms with E-state index in [9.17, 15) is 9.59 Å². The van der Waals surface area contributed by atoms with Crippen molar-refractivity contribution in [2.45, 2.75) is 19.9 Å². The molecule has 0 aliphatic carbocycles. The van der Waals surface area contributed by atoms with Gasteiger partial charge < -0.3 is 20.6 Å². The summed E-state index contributed by atoms with van der Waals surface area (Å²) in [5.74, 6) is -1.59. The molecule has 1 rings (SSSR count). The molecule has 2 atom stereocenters. The molecule has 0 radical (unpaired) electrons. The first-order chi connectivity index (χ1) is 9.32. The van der Waals surface area contributed by atoms with Gasteiger partial charge in [0.15, 0.2) is 0 Å². The molecule has 110 valence electrons. The number of carbonyl (C=O) groups excluding carboxylic acids is 1. The molecule has 0 aliphatic rings. The van der Waals surface area contributed by atoms with Crippen LogP contribution in [-0.4, -0.2) is 37.2 Å². The van der Waals surface area contributed by atoms with Gasteiger partial charge in [0.1, 0.15) is 0 Å². The Kier molecular flexibility index (Phi) is 5.37. The molecule has 0 spiro atoms. The van der Waals surface area contributed by atoms with Crippen LogP contribution in [0.15, 0.2) is 24.3 Å². The number of anilines is 2. The zero-order chi connectivity index (χ0) is 15.3. The second-order valence-electron chi connectivity index (χ2n) is 4.93. The number of benzene rings is 1. The lowest BCUT2D eigenvalue weighted by Crippen LogP contribution is -2.42. The average molecular weight is 279 g/mol. The van der Waals surface area contributed by atoms with Crippen LogP contribution in [-0.2, 0) is 4.79 Å². The number of hydrogen-bond donors (Lipinski definition) is 3. The van der Waals surface area contributed by atoms with Gasteiger partial charge in [0.2, 0.25) is 0 Å². The molecule has 0 fully saturated rings. The van der Waals surface area contributed by atoms with E-state index in [2.05, 4.69) is 10.6 Å². The fourth-order valence-electron chi connectivity index (χ4n) is 1.67. The quantitative estimate of drug-likeness (QED) is 0.770. The predicted octanol–water partition coefficient (Wildman–Crippen LogP) is 1.98. The van der Waals surface area contributed by atoms with E-state index < -0.39 is 24.0 Å². The lowest BCUT2D eigenvalue weighted by Gasteiger charge is -2.21. The van der Waals surface area contributed by atoms with Gasteiger partial charge in [-0.25, -0.2) is 4.79 Å². The summed E-state index contributed by atoms with van der Waals surface area (Å²) in [6.07, 6.45) is 0. The third kappa shape index (κ3) is 4.15. The summed E-state index contributed by atoms with van der Waals surface area (Å²) in [6.45, 7) is 3.22. The molecule has 0 bridgehead atoms. The van der Waals surface area contributed by atoms with Gasteiger partial charge in [0.05, 0.1) is 17.3 Å². The normalized spacial score (nSPS) is 13.2. The smallest absolute Gasteiger partial charge is 0.319 e. The number of para-hydroxylation sites is 2. The van der Waals surface area contributed by atoms with Crippen molar-refractivity contribution >= 4 is 23.4 Å². The summed E-state index contributed by atoms with van der Waals surface area (Å²) in [6, 6.07) is 6.51. The molecule has 2 amide bonds. The molecule has 6 nitrogen and oxygen atoms in total. The summed E-state index contributed by atoms with van der Waals surface area (Å²) >= 11 is 0. The lowest BCUT2D eigenvalue weighted by atomic mass is 10.0. The summed E-state index contributed by atoms with van der Waals surface area (Å²) in [5, 5.41) is 14.3. The van der Waals surface area contributed by atoms with Crippen molar-refractivity contribution in [2.75, 3.05) is 24.3 Å². The number of carboxylic acid groups (broad SMARTS) is 1. The number of urea groups is 1. The highest BCUT2D eigenvalue weighted by Crippen LogP contribution is 2.23. The lowest BCUT2D eigenvalue weighted by molar-refractivity contribution is -0.141. The molecule has 1 aromatic rings. The van der Waals surface area contributed by atoms with Crippen molar-refractivity contribution in [3.05, 3.63) is 24.3 Å².